The van der Waals surface area contributed by atoms with E-state index in [1.165, 1.54) is 48.9 Å². The highest BCUT2D eigenvalue weighted by molar-refractivity contribution is 7.89. The molecule has 158 valence electrons. The number of carbonyl (C=O) groups excluding carboxylic acids is 1. The van der Waals surface area contributed by atoms with Gasteiger partial charge in [-0.1, -0.05) is 6.07 Å². The van der Waals surface area contributed by atoms with Gasteiger partial charge in [0.25, 0.3) is 0 Å². The average molecular weight is 431 g/mol. The molecular weight excluding hydrogens is 411 g/mol. The Morgan fingerprint density at radius 2 is 2.03 bits per heavy atom. The van der Waals surface area contributed by atoms with Crippen molar-refractivity contribution in [2.75, 3.05) is 19.9 Å². The Morgan fingerprint density at radius 1 is 1.34 bits per heavy atom. The van der Waals surface area contributed by atoms with Crippen molar-refractivity contribution >= 4 is 21.9 Å². The first-order valence-corrected chi connectivity index (χ1v) is 10.3. The zero-order chi connectivity index (χ0) is 21.8. The topological polar surface area (TPSA) is 81.5 Å². The number of carbonyl (C=O) groups is 1. The van der Waals surface area contributed by atoms with E-state index < -0.39 is 22.6 Å². The van der Waals surface area contributed by atoms with Crippen LogP contribution in [0.5, 0.6) is 5.75 Å². The third kappa shape index (κ3) is 6.63. The van der Waals surface area contributed by atoms with Crippen molar-refractivity contribution in [2.24, 2.45) is 0 Å². The third-order valence-electron chi connectivity index (χ3n) is 3.72. The molecule has 2 aromatic rings. The summed E-state index contributed by atoms with van der Waals surface area (Å²) in [6.07, 6.45) is 1.36. The van der Waals surface area contributed by atoms with Gasteiger partial charge in [-0.2, -0.15) is 13.2 Å². The molecule has 0 saturated carbocycles. The molecule has 0 unspecified atom stereocenters. The summed E-state index contributed by atoms with van der Waals surface area (Å²) < 4.78 is 67.9. The Bertz CT molecular complexity index is 1010. The number of imidazole rings is 1. The van der Waals surface area contributed by atoms with E-state index >= 15 is 0 Å². The quantitative estimate of drug-likeness (QED) is 0.600. The highest BCUT2D eigenvalue weighted by Gasteiger charge is 2.29. The molecule has 0 spiro atoms. The number of benzene rings is 1. The van der Waals surface area contributed by atoms with Crippen molar-refractivity contribution in [1.29, 1.82) is 0 Å². The van der Waals surface area contributed by atoms with E-state index in [2.05, 4.69) is 4.98 Å². The summed E-state index contributed by atoms with van der Waals surface area (Å²) >= 11 is 0. The normalized spacial score (nSPS) is 12.7. The molecule has 0 radical (unpaired) electrons. The molecule has 0 aliphatic carbocycles. The molecule has 0 fully saturated rings. The molecule has 2 rings (SSSR count). The number of aryl methyl sites for hydroxylation is 1. The fraction of sp³-hybridized carbons (Fsp3) is 0.333. The molecule has 0 saturated heterocycles. The van der Waals surface area contributed by atoms with E-state index in [0.717, 1.165) is 6.26 Å². The van der Waals surface area contributed by atoms with Crippen LogP contribution >= 0.6 is 0 Å². The summed E-state index contributed by atoms with van der Waals surface area (Å²) in [5.74, 6) is -0.419. The van der Waals surface area contributed by atoms with Crippen molar-refractivity contribution in [3.8, 4) is 5.75 Å². The molecule has 0 bridgehead atoms. The van der Waals surface area contributed by atoms with E-state index in [4.69, 9.17) is 4.74 Å². The van der Waals surface area contributed by atoms with Crippen molar-refractivity contribution in [1.82, 2.24) is 14.5 Å². The summed E-state index contributed by atoms with van der Waals surface area (Å²) in [5.41, 5.74) is 1.48. The number of sulfone groups is 1. The lowest BCUT2D eigenvalue weighted by molar-refractivity contribution is -0.153. The predicted molar refractivity (Wildman–Crippen MR) is 101 cm³/mol. The standard InChI is InChI=1S/C18H20F3N3O4S/c1-13-7-22-11-24(13)16(8-23(2)12-25)15-6-14(9-29(3,26)27)4-5-17(15)28-10-18(19,20)21/h4-8,11-12H,9-10H2,1-3H3/b16-8-. The van der Waals surface area contributed by atoms with Gasteiger partial charge in [0.1, 0.15) is 5.75 Å². The number of rotatable bonds is 8. The van der Waals surface area contributed by atoms with Crippen LogP contribution in [0.3, 0.4) is 0 Å². The van der Waals surface area contributed by atoms with E-state index in [9.17, 15) is 26.4 Å². The van der Waals surface area contributed by atoms with Crippen LogP contribution in [0.4, 0.5) is 13.2 Å². The molecule has 0 aliphatic heterocycles. The maximum absolute atomic E-state index is 12.7. The van der Waals surface area contributed by atoms with Gasteiger partial charge >= 0.3 is 6.18 Å². The SMILES string of the molecule is Cc1cncn1/C(=C\N(C)C=O)c1cc(CS(C)(=O)=O)ccc1OCC(F)(F)F. The molecule has 11 heteroatoms. The summed E-state index contributed by atoms with van der Waals surface area (Å²) in [4.78, 5) is 16.3. The van der Waals surface area contributed by atoms with Crippen LogP contribution in [0.2, 0.25) is 0 Å². The number of ether oxygens (including phenoxy) is 1. The summed E-state index contributed by atoms with van der Waals surface area (Å²) in [7, 11) is -1.93. The molecule has 29 heavy (non-hydrogen) atoms. The maximum Gasteiger partial charge on any atom is 0.422 e. The van der Waals surface area contributed by atoms with Crippen LogP contribution < -0.4 is 4.74 Å². The lowest BCUT2D eigenvalue weighted by Crippen LogP contribution is -2.20. The minimum absolute atomic E-state index is 0.113. The number of aromatic nitrogens is 2. The second kappa shape index (κ2) is 8.68. The van der Waals surface area contributed by atoms with Gasteiger partial charge in [-0.15, -0.1) is 0 Å². The van der Waals surface area contributed by atoms with Gasteiger partial charge in [-0.05, 0) is 24.6 Å². The van der Waals surface area contributed by atoms with Gasteiger partial charge in [0.15, 0.2) is 16.4 Å². The Hall–Kier alpha value is -2.82. The Labute approximate surface area is 166 Å². The molecule has 1 amide bonds. The highest BCUT2D eigenvalue weighted by atomic mass is 32.2. The lowest BCUT2D eigenvalue weighted by Gasteiger charge is -2.19. The van der Waals surface area contributed by atoms with Crippen LogP contribution in [0.25, 0.3) is 5.70 Å². The van der Waals surface area contributed by atoms with E-state index in [1.807, 2.05) is 0 Å². The zero-order valence-corrected chi connectivity index (χ0v) is 16.8. The largest absolute Gasteiger partial charge is 0.483 e. The first-order valence-electron chi connectivity index (χ1n) is 8.28. The minimum atomic E-state index is -4.56. The molecule has 0 N–H and O–H groups in total. The van der Waals surface area contributed by atoms with Gasteiger partial charge in [0.2, 0.25) is 6.41 Å². The van der Waals surface area contributed by atoms with Crippen molar-refractivity contribution < 1.29 is 31.1 Å². The number of alkyl halides is 3. The Balaban J connectivity index is 2.66. The monoisotopic (exact) mass is 431 g/mol. The Morgan fingerprint density at radius 3 is 2.55 bits per heavy atom. The predicted octanol–water partition coefficient (Wildman–Crippen LogP) is 2.61. The molecule has 0 aliphatic rings. The third-order valence-corrected chi connectivity index (χ3v) is 4.57. The molecular formula is C18H20F3N3O4S. The molecule has 1 aromatic heterocycles. The minimum Gasteiger partial charge on any atom is -0.483 e. The van der Waals surface area contributed by atoms with Crippen molar-refractivity contribution in [3.63, 3.8) is 0 Å². The molecule has 1 heterocycles. The van der Waals surface area contributed by atoms with Gasteiger partial charge in [-0.3, -0.25) is 4.79 Å². The van der Waals surface area contributed by atoms with Crippen molar-refractivity contribution in [2.45, 2.75) is 18.9 Å². The highest BCUT2D eigenvalue weighted by Crippen LogP contribution is 2.31. The smallest absolute Gasteiger partial charge is 0.422 e. The van der Waals surface area contributed by atoms with Crippen LogP contribution in [-0.4, -0.2) is 55.4 Å². The number of hydrogen-bond donors (Lipinski definition) is 0. The first kappa shape index (κ1) is 22.5. The van der Waals surface area contributed by atoms with Crippen LogP contribution in [0, 0.1) is 6.92 Å². The van der Waals surface area contributed by atoms with Crippen molar-refractivity contribution in [3.05, 3.63) is 53.7 Å². The molecule has 7 nitrogen and oxygen atoms in total. The summed E-state index contributed by atoms with van der Waals surface area (Å²) in [6.45, 7) is 0.198. The second-order valence-electron chi connectivity index (χ2n) is 6.49. The van der Waals surface area contributed by atoms with Crippen LogP contribution in [0.1, 0.15) is 16.8 Å². The fourth-order valence-corrected chi connectivity index (χ4v) is 3.34. The van der Waals surface area contributed by atoms with Crippen LogP contribution in [0.15, 0.2) is 36.9 Å². The number of hydrogen-bond acceptors (Lipinski definition) is 5. The fourth-order valence-electron chi connectivity index (χ4n) is 2.55. The maximum atomic E-state index is 12.7. The van der Waals surface area contributed by atoms with Gasteiger partial charge in [-0.25, -0.2) is 13.4 Å². The number of amides is 1. The lowest BCUT2D eigenvalue weighted by atomic mass is 10.1. The average Bonchev–Trinajstić information content (AvgIpc) is 3.02. The summed E-state index contributed by atoms with van der Waals surface area (Å²) in [5, 5.41) is 0. The zero-order valence-electron chi connectivity index (χ0n) is 16.0. The second-order valence-corrected chi connectivity index (χ2v) is 8.63. The van der Waals surface area contributed by atoms with Gasteiger partial charge in [0.05, 0.1) is 17.8 Å². The van der Waals surface area contributed by atoms with E-state index in [0.29, 0.717) is 23.4 Å². The van der Waals surface area contributed by atoms with Crippen LogP contribution in [-0.2, 0) is 20.4 Å². The summed E-state index contributed by atoms with van der Waals surface area (Å²) in [6, 6.07) is 4.09. The van der Waals surface area contributed by atoms with Gasteiger partial charge < -0.3 is 14.2 Å². The number of halogens is 3. The van der Waals surface area contributed by atoms with E-state index in [1.54, 1.807) is 11.5 Å². The first-order chi connectivity index (χ1) is 13.4. The Kier molecular flexibility index (Phi) is 6.73. The van der Waals surface area contributed by atoms with E-state index in [-0.39, 0.29) is 17.1 Å². The molecule has 1 aromatic carbocycles. The van der Waals surface area contributed by atoms with Gasteiger partial charge in [0, 0.05) is 37.0 Å². The molecule has 0 atom stereocenters. The number of nitrogens with zero attached hydrogens (tertiary/aromatic N) is 3.